The second kappa shape index (κ2) is 10.4. The monoisotopic (exact) mass is 468 g/mol. The van der Waals surface area contributed by atoms with Gasteiger partial charge in [0.1, 0.15) is 5.52 Å². The van der Waals surface area contributed by atoms with Crippen molar-refractivity contribution in [2.45, 2.75) is 6.54 Å². The zero-order valence-corrected chi connectivity index (χ0v) is 19.1. The van der Waals surface area contributed by atoms with Gasteiger partial charge in [0.05, 0.1) is 43.1 Å². The van der Waals surface area contributed by atoms with Crippen molar-refractivity contribution in [1.82, 2.24) is 25.2 Å². The van der Waals surface area contributed by atoms with Gasteiger partial charge in [-0.3, -0.25) is 4.79 Å². The number of nitrogens with one attached hydrogen (secondary N) is 2. The zero-order chi connectivity index (χ0) is 24.8. The largest absolute Gasteiger partial charge is 0.465 e. The Hall–Kier alpha value is -4.48. The van der Waals surface area contributed by atoms with Crippen LogP contribution in [0, 0.1) is 0 Å². The highest BCUT2D eigenvalue weighted by atomic mass is 16.5. The molecule has 0 spiro atoms. The van der Waals surface area contributed by atoms with Crippen LogP contribution < -0.4 is 10.6 Å². The van der Waals surface area contributed by atoms with Crippen molar-refractivity contribution >= 4 is 40.6 Å². The number of benzene rings is 2. The molecule has 0 bridgehead atoms. The molecule has 3 rings (SSSR count). The van der Waals surface area contributed by atoms with Crippen molar-refractivity contribution in [3.05, 3.63) is 53.1 Å². The Morgan fingerprint density at radius 2 is 1.68 bits per heavy atom. The SMILES string of the molecule is COC(=O)c1ccc(C(=O)OC)c(NC(=O)NCCn2nnc3cc(C(=O)N(C)C)ccc32)c1. The van der Waals surface area contributed by atoms with E-state index in [1.807, 2.05) is 0 Å². The molecule has 0 saturated heterocycles. The molecule has 34 heavy (non-hydrogen) atoms. The van der Waals surface area contributed by atoms with Crippen molar-refractivity contribution in [3.63, 3.8) is 0 Å². The standard InChI is InChI=1S/C22H24N6O6/c1-27(2)19(29)13-6-8-18-17(11-13)25-26-28(18)10-9-23-22(32)24-16-12-14(20(30)33-3)5-7-15(16)21(31)34-4/h5-8,11-12H,9-10H2,1-4H3,(H2,23,24,32). The predicted octanol–water partition coefficient (Wildman–Crippen LogP) is 1.53. The minimum absolute atomic E-state index is 0.0793. The summed E-state index contributed by atoms with van der Waals surface area (Å²) in [5.41, 5.74) is 2.09. The number of nitrogens with zero attached hydrogens (tertiary/aromatic N) is 4. The molecule has 0 atom stereocenters. The molecule has 3 aromatic rings. The lowest BCUT2D eigenvalue weighted by atomic mass is 10.1. The number of hydrogen-bond acceptors (Lipinski definition) is 8. The predicted molar refractivity (Wildman–Crippen MR) is 122 cm³/mol. The fraction of sp³-hybridized carbons (Fsp3) is 0.273. The van der Waals surface area contributed by atoms with E-state index >= 15 is 0 Å². The quantitative estimate of drug-likeness (QED) is 0.497. The molecular weight excluding hydrogens is 444 g/mol. The molecular formula is C22H24N6O6. The molecule has 0 saturated carbocycles. The molecule has 0 aliphatic rings. The Kier molecular flexibility index (Phi) is 7.41. The van der Waals surface area contributed by atoms with Gasteiger partial charge in [0, 0.05) is 26.2 Å². The molecule has 1 heterocycles. The Labute approximate surface area is 194 Å². The van der Waals surface area contributed by atoms with Gasteiger partial charge >= 0.3 is 18.0 Å². The number of aromatic nitrogens is 3. The van der Waals surface area contributed by atoms with E-state index < -0.39 is 18.0 Å². The third-order valence-electron chi connectivity index (χ3n) is 4.87. The van der Waals surface area contributed by atoms with Crippen LogP contribution in [0.5, 0.6) is 0 Å². The molecule has 178 valence electrons. The Morgan fingerprint density at radius 3 is 2.35 bits per heavy atom. The van der Waals surface area contributed by atoms with Gasteiger partial charge in [0.2, 0.25) is 0 Å². The Morgan fingerprint density at radius 1 is 0.971 bits per heavy atom. The van der Waals surface area contributed by atoms with Crippen LogP contribution >= 0.6 is 0 Å². The van der Waals surface area contributed by atoms with E-state index in [1.165, 1.54) is 37.3 Å². The van der Waals surface area contributed by atoms with E-state index in [2.05, 4.69) is 25.7 Å². The molecule has 2 N–H and O–H groups in total. The average molecular weight is 468 g/mol. The highest BCUT2D eigenvalue weighted by Gasteiger charge is 2.17. The maximum absolute atomic E-state index is 12.4. The third kappa shape index (κ3) is 5.28. The lowest BCUT2D eigenvalue weighted by Gasteiger charge is -2.12. The number of methoxy groups -OCH3 is 2. The zero-order valence-electron chi connectivity index (χ0n) is 19.1. The summed E-state index contributed by atoms with van der Waals surface area (Å²) in [6.07, 6.45) is 0. The van der Waals surface area contributed by atoms with E-state index in [9.17, 15) is 19.2 Å². The van der Waals surface area contributed by atoms with E-state index in [-0.39, 0.29) is 29.3 Å². The van der Waals surface area contributed by atoms with E-state index in [0.29, 0.717) is 23.1 Å². The first-order valence-electron chi connectivity index (χ1n) is 10.2. The van der Waals surface area contributed by atoms with E-state index in [1.54, 1.807) is 37.0 Å². The Balaban J connectivity index is 1.66. The van der Waals surface area contributed by atoms with Crippen LogP contribution in [0.2, 0.25) is 0 Å². The third-order valence-corrected chi connectivity index (χ3v) is 4.87. The molecule has 0 unspecified atom stereocenters. The fourth-order valence-corrected chi connectivity index (χ4v) is 3.15. The van der Waals surface area contributed by atoms with Crippen LogP contribution in [0.15, 0.2) is 36.4 Å². The van der Waals surface area contributed by atoms with Crippen LogP contribution in [-0.2, 0) is 16.0 Å². The average Bonchev–Trinajstić information content (AvgIpc) is 3.24. The van der Waals surface area contributed by atoms with Gasteiger partial charge in [0.15, 0.2) is 0 Å². The number of esters is 2. The van der Waals surface area contributed by atoms with Gasteiger partial charge in [0.25, 0.3) is 5.91 Å². The molecule has 0 aliphatic heterocycles. The van der Waals surface area contributed by atoms with Crippen molar-refractivity contribution in [3.8, 4) is 0 Å². The first-order chi connectivity index (χ1) is 16.2. The van der Waals surface area contributed by atoms with Gasteiger partial charge < -0.3 is 25.0 Å². The summed E-state index contributed by atoms with van der Waals surface area (Å²) in [6, 6.07) is 8.58. The molecule has 0 aliphatic carbocycles. The van der Waals surface area contributed by atoms with Crippen LogP contribution in [0.3, 0.4) is 0 Å². The maximum atomic E-state index is 12.4. The minimum Gasteiger partial charge on any atom is -0.465 e. The molecule has 12 heteroatoms. The highest BCUT2D eigenvalue weighted by Crippen LogP contribution is 2.20. The summed E-state index contributed by atoms with van der Waals surface area (Å²) >= 11 is 0. The molecule has 0 fully saturated rings. The van der Waals surface area contributed by atoms with Gasteiger partial charge in [-0.25, -0.2) is 19.1 Å². The molecule has 3 amide bonds. The molecule has 0 radical (unpaired) electrons. The number of anilines is 1. The second-order valence-corrected chi connectivity index (χ2v) is 7.34. The summed E-state index contributed by atoms with van der Waals surface area (Å²) in [6.45, 7) is 0.490. The highest BCUT2D eigenvalue weighted by molar-refractivity contribution is 6.03. The van der Waals surface area contributed by atoms with Crippen molar-refractivity contribution in [1.29, 1.82) is 0 Å². The molecule has 2 aromatic carbocycles. The number of rotatable bonds is 7. The minimum atomic E-state index is -0.673. The van der Waals surface area contributed by atoms with Gasteiger partial charge in [-0.1, -0.05) is 5.21 Å². The maximum Gasteiger partial charge on any atom is 0.339 e. The van der Waals surface area contributed by atoms with Crippen LogP contribution in [-0.4, -0.2) is 78.6 Å². The summed E-state index contributed by atoms with van der Waals surface area (Å²) < 4.78 is 11.0. The summed E-state index contributed by atoms with van der Waals surface area (Å²) in [5, 5.41) is 13.4. The van der Waals surface area contributed by atoms with Gasteiger partial charge in [-0.2, -0.15) is 0 Å². The number of fused-ring (bicyclic) bond motifs is 1. The summed E-state index contributed by atoms with van der Waals surface area (Å²) in [7, 11) is 5.77. The number of hydrogen-bond donors (Lipinski definition) is 2. The summed E-state index contributed by atoms with van der Waals surface area (Å²) in [4.78, 5) is 49.8. The topological polar surface area (TPSA) is 145 Å². The van der Waals surface area contributed by atoms with E-state index in [4.69, 9.17) is 4.74 Å². The van der Waals surface area contributed by atoms with Gasteiger partial charge in [-0.05, 0) is 36.4 Å². The smallest absolute Gasteiger partial charge is 0.339 e. The van der Waals surface area contributed by atoms with Crippen molar-refractivity contribution in [2.24, 2.45) is 0 Å². The van der Waals surface area contributed by atoms with Crippen molar-refractivity contribution in [2.75, 3.05) is 40.2 Å². The fourth-order valence-electron chi connectivity index (χ4n) is 3.15. The lowest BCUT2D eigenvalue weighted by molar-refractivity contribution is 0.0587. The lowest BCUT2D eigenvalue weighted by Crippen LogP contribution is -2.32. The van der Waals surface area contributed by atoms with Crippen LogP contribution in [0.4, 0.5) is 10.5 Å². The van der Waals surface area contributed by atoms with E-state index in [0.717, 1.165) is 0 Å². The number of urea groups is 1. The van der Waals surface area contributed by atoms with Gasteiger partial charge in [-0.15, -0.1) is 5.10 Å². The van der Waals surface area contributed by atoms with Crippen LogP contribution in [0.25, 0.3) is 11.0 Å². The molecule has 12 nitrogen and oxygen atoms in total. The first-order valence-corrected chi connectivity index (χ1v) is 10.2. The summed E-state index contributed by atoms with van der Waals surface area (Å²) in [5.74, 6) is -1.43. The van der Waals surface area contributed by atoms with Crippen molar-refractivity contribution < 1.29 is 28.7 Å². The number of amides is 3. The normalized spacial score (nSPS) is 10.5. The second-order valence-electron chi connectivity index (χ2n) is 7.34. The number of carbonyl (C=O) groups is 4. The Bertz CT molecular complexity index is 1250. The number of carbonyl (C=O) groups excluding carboxylic acids is 4. The number of ether oxygens (including phenoxy) is 2. The first kappa shape index (κ1) is 24.2. The molecule has 1 aromatic heterocycles. The van der Waals surface area contributed by atoms with Crippen LogP contribution in [0.1, 0.15) is 31.1 Å².